The van der Waals surface area contributed by atoms with Gasteiger partial charge in [0.05, 0.1) is 126 Å². The number of aryl methyl sites for hydroxylation is 1. The molecule has 0 saturated carbocycles. The Hall–Kier alpha value is -1.38. The summed E-state index contributed by atoms with van der Waals surface area (Å²) in [6.45, 7) is 11.9. The third-order valence-electron chi connectivity index (χ3n) is 6.47. The molecular formula is C34H62O11. The zero-order chi connectivity index (χ0) is 32.1. The van der Waals surface area contributed by atoms with Crippen molar-refractivity contribution in [1.29, 1.82) is 0 Å². The van der Waals surface area contributed by atoms with E-state index in [4.69, 9.17) is 52.5 Å². The van der Waals surface area contributed by atoms with Gasteiger partial charge in [0, 0.05) is 0 Å². The Bertz CT molecular complexity index is 710. The minimum absolute atomic E-state index is 0.0281. The van der Waals surface area contributed by atoms with Gasteiger partial charge in [0.2, 0.25) is 0 Å². The topological polar surface area (TPSA) is 113 Å². The molecule has 0 aliphatic rings. The molecule has 0 atom stereocenters. The van der Waals surface area contributed by atoms with Crippen LogP contribution >= 0.6 is 0 Å². The van der Waals surface area contributed by atoms with Gasteiger partial charge < -0.3 is 52.5 Å². The van der Waals surface area contributed by atoms with Crippen LogP contribution in [0.3, 0.4) is 0 Å². The summed E-state index contributed by atoms with van der Waals surface area (Å²) in [5.41, 5.74) is 1.28. The third-order valence-corrected chi connectivity index (χ3v) is 6.47. The second kappa shape index (κ2) is 35.5. The van der Waals surface area contributed by atoms with Crippen LogP contribution in [0.15, 0.2) is 24.3 Å². The molecule has 1 aromatic carbocycles. The molecule has 1 aromatic rings. The molecule has 0 saturated heterocycles. The number of rotatable bonds is 37. The van der Waals surface area contributed by atoms with Crippen LogP contribution in [0.1, 0.15) is 51.0 Å². The van der Waals surface area contributed by atoms with E-state index >= 15 is 0 Å². The smallest absolute Gasteiger partial charge is 0.122 e. The molecule has 11 heteroatoms. The van der Waals surface area contributed by atoms with Crippen LogP contribution in [-0.4, -0.2) is 137 Å². The van der Waals surface area contributed by atoms with Crippen molar-refractivity contribution < 1.29 is 52.5 Å². The average Bonchev–Trinajstić information content (AvgIpc) is 3.06. The number of aliphatic hydroxyl groups excluding tert-OH is 1. The predicted molar refractivity (Wildman–Crippen MR) is 173 cm³/mol. The summed E-state index contributed by atoms with van der Waals surface area (Å²) in [5, 5.41) is 8.58. The van der Waals surface area contributed by atoms with E-state index in [1.807, 2.05) is 12.1 Å². The standard InChI is InChI=1S/C34H62O11/c1-2-3-4-5-6-7-10-33-11-8-9-12-34(33)45-32-31-44-30-29-43-28-27-42-26-25-41-24-23-40-22-21-39-20-19-38-18-17-37-16-15-36-14-13-35/h8-9,11-12,35H,2-7,10,13-32H2,1H3. The number of ether oxygens (including phenoxy) is 10. The highest BCUT2D eigenvalue weighted by Crippen LogP contribution is 2.20. The predicted octanol–water partition coefficient (Wildman–Crippen LogP) is 4.11. The summed E-state index contributed by atoms with van der Waals surface area (Å²) in [7, 11) is 0. The number of aliphatic hydroxyl groups is 1. The van der Waals surface area contributed by atoms with Gasteiger partial charge in [-0.2, -0.15) is 0 Å². The summed E-state index contributed by atoms with van der Waals surface area (Å²) in [4.78, 5) is 0. The van der Waals surface area contributed by atoms with E-state index in [0.717, 1.165) is 12.2 Å². The average molecular weight is 647 g/mol. The quantitative estimate of drug-likeness (QED) is 0.105. The first-order valence-electron chi connectivity index (χ1n) is 16.9. The summed E-state index contributed by atoms with van der Waals surface area (Å²) < 4.78 is 54.9. The molecule has 45 heavy (non-hydrogen) atoms. The van der Waals surface area contributed by atoms with Gasteiger partial charge in [0.15, 0.2) is 0 Å². The lowest BCUT2D eigenvalue weighted by atomic mass is 10.0. The molecule has 1 rings (SSSR count). The molecule has 0 aliphatic heterocycles. The summed E-state index contributed by atoms with van der Waals surface area (Å²) >= 11 is 0. The van der Waals surface area contributed by atoms with E-state index in [2.05, 4.69) is 19.1 Å². The molecule has 0 spiro atoms. The van der Waals surface area contributed by atoms with Crippen molar-refractivity contribution in [2.75, 3.05) is 132 Å². The maximum absolute atomic E-state index is 8.58. The van der Waals surface area contributed by atoms with E-state index in [0.29, 0.717) is 126 Å². The Balaban J connectivity index is 1.75. The van der Waals surface area contributed by atoms with Crippen molar-refractivity contribution >= 4 is 0 Å². The minimum Gasteiger partial charge on any atom is -0.491 e. The highest BCUT2D eigenvalue weighted by molar-refractivity contribution is 5.33. The molecule has 0 aliphatic carbocycles. The van der Waals surface area contributed by atoms with Gasteiger partial charge in [0.25, 0.3) is 0 Å². The molecule has 0 fully saturated rings. The molecule has 0 bridgehead atoms. The normalized spacial score (nSPS) is 11.4. The highest BCUT2D eigenvalue weighted by Gasteiger charge is 2.03. The van der Waals surface area contributed by atoms with E-state index in [1.165, 1.54) is 44.1 Å². The highest BCUT2D eigenvalue weighted by atomic mass is 16.6. The summed E-state index contributed by atoms with van der Waals surface area (Å²) in [5.74, 6) is 0.972. The zero-order valence-electron chi connectivity index (χ0n) is 27.9. The Morgan fingerprint density at radius 2 is 0.778 bits per heavy atom. The number of benzene rings is 1. The number of hydrogen-bond donors (Lipinski definition) is 1. The first-order chi connectivity index (χ1) is 22.4. The van der Waals surface area contributed by atoms with Gasteiger partial charge in [-0.1, -0.05) is 57.2 Å². The molecule has 264 valence electrons. The molecule has 0 unspecified atom stereocenters. The second-order valence-corrected chi connectivity index (χ2v) is 10.2. The first kappa shape index (κ1) is 41.6. The first-order valence-corrected chi connectivity index (χ1v) is 16.9. The fourth-order valence-corrected chi connectivity index (χ4v) is 4.08. The maximum atomic E-state index is 8.58. The van der Waals surface area contributed by atoms with E-state index in [1.54, 1.807) is 0 Å². The minimum atomic E-state index is 0.0281. The zero-order valence-corrected chi connectivity index (χ0v) is 27.9. The van der Waals surface area contributed by atoms with Crippen LogP contribution in [0.2, 0.25) is 0 Å². The Morgan fingerprint density at radius 1 is 0.422 bits per heavy atom. The van der Waals surface area contributed by atoms with Crippen molar-refractivity contribution in [3.63, 3.8) is 0 Å². The van der Waals surface area contributed by atoms with E-state index < -0.39 is 0 Å². The van der Waals surface area contributed by atoms with Crippen molar-refractivity contribution in [3.8, 4) is 5.75 Å². The monoisotopic (exact) mass is 646 g/mol. The summed E-state index contributed by atoms with van der Waals surface area (Å²) in [6.07, 6.45) is 8.86. The number of unbranched alkanes of at least 4 members (excludes halogenated alkanes) is 5. The lowest BCUT2D eigenvalue weighted by molar-refractivity contribution is -0.0258. The fourth-order valence-electron chi connectivity index (χ4n) is 4.08. The van der Waals surface area contributed by atoms with Crippen LogP contribution in [-0.2, 0) is 49.1 Å². The van der Waals surface area contributed by atoms with E-state index in [9.17, 15) is 0 Å². The Labute approximate surface area is 272 Å². The third kappa shape index (κ3) is 29.7. The van der Waals surface area contributed by atoms with Crippen LogP contribution in [0, 0.1) is 0 Å². The Morgan fingerprint density at radius 3 is 1.20 bits per heavy atom. The van der Waals surface area contributed by atoms with Crippen molar-refractivity contribution in [2.45, 2.75) is 51.9 Å². The molecule has 1 N–H and O–H groups in total. The molecular weight excluding hydrogens is 584 g/mol. The molecule has 0 heterocycles. The number of para-hydroxylation sites is 1. The summed E-state index contributed by atoms with van der Waals surface area (Å²) in [6, 6.07) is 8.32. The molecule has 0 amide bonds. The van der Waals surface area contributed by atoms with Crippen molar-refractivity contribution in [3.05, 3.63) is 29.8 Å². The van der Waals surface area contributed by atoms with Crippen LogP contribution < -0.4 is 4.74 Å². The van der Waals surface area contributed by atoms with Gasteiger partial charge in [-0.25, -0.2) is 0 Å². The van der Waals surface area contributed by atoms with Crippen molar-refractivity contribution in [1.82, 2.24) is 0 Å². The Kier molecular flexibility index (Phi) is 32.8. The fraction of sp³-hybridized carbons (Fsp3) is 0.824. The van der Waals surface area contributed by atoms with Gasteiger partial charge in [-0.05, 0) is 24.5 Å². The van der Waals surface area contributed by atoms with Crippen molar-refractivity contribution in [2.24, 2.45) is 0 Å². The van der Waals surface area contributed by atoms with Gasteiger partial charge in [-0.15, -0.1) is 0 Å². The SMILES string of the molecule is CCCCCCCCc1ccccc1OCCOCCOCCOCCOCCOCCOCCOCCOCCOCCO. The molecule has 0 aromatic heterocycles. The second-order valence-electron chi connectivity index (χ2n) is 10.2. The lowest BCUT2D eigenvalue weighted by Gasteiger charge is -2.12. The largest absolute Gasteiger partial charge is 0.491 e. The van der Waals surface area contributed by atoms with Crippen LogP contribution in [0.25, 0.3) is 0 Å². The lowest BCUT2D eigenvalue weighted by Crippen LogP contribution is -2.15. The van der Waals surface area contributed by atoms with Gasteiger partial charge in [0.1, 0.15) is 12.4 Å². The van der Waals surface area contributed by atoms with Gasteiger partial charge >= 0.3 is 0 Å². The van der Waals surface area contributed by atoms with Crippen LogP contribution in [0.4, 0.5) is 0 Å². The number of hydrogen-bond acceptors (Lipinski definition) is 11. The van der Waals surface area contributed by atoms with E-state index in [-0.39, 0.29) is 6.61 Å². The molecule has 0 radical (unpaired) electrons. The maximum Gasteiger partial charge on any atom is 0.122 e. The molecule has 11 nitrogen and oxygen atoms in total. The van der Waals surface area contributed by atoms with Crippen LogP contribution in [0.5, 0.6) is 5.75 Å². The van der Waals surface area contributed by atoms with Gasteiger partial charge in [-0.3, -0.25) is 0 Å².